The molecule has 17 heavy (non-hydrogen) atoms. The van der Waals surface area contributed by atoms with Crippen LogP contribution in [0, 0.1) is 6.92 Å². The summed E-state index contributed by atoms with van der Waals surface area (Å²) in [6.45, 7) is 1.84. The van der Waals surface area contributed by atoms with Crippen molar-refractivity contribution in [3.8, 4) is 0 Å². The molecule has 1 fully saturated rings. The molecule has 1 aromatic rings. The summed E-state index contributed by atoms with van der Waals surface area (Å²) in [7, 11) is 0. The molecule has 2 N–H and O–H groups in total. The molecule has 1 amide bonds. The molecule has 5 heteroatoms. The number of hydrogen-bond donors (Lipinski definition) is 1. The number of nitrogens with two attached hydrogens (primary N) is 1. The molecule has 1 aromatic heterocycles. The van der Waals surface area contributed by atoms with Gasteiger partial charge in [-0.05, 0) is 36.6 Å². The van der Waals surface area contributed by atoms with Crippen LogP contribution in [0.3, 0.4) is 0 Å². The fourth-order valence-corrected chi connectivity index (χ4v) is 3.39. The maximum Gasteiger partial charge on any atom is 0.250 e. The molecular formula is C12H15F2NOS. The third kappa shape index (κ3) is 2.49. The van der Waals surface area contributed by atoms with Gasteiger partial charge in [-0.25, -0.2) is 8.78 Å². The van der Waals surface area contributed by atoms with E-state index >= 15 is 0 Å². The number of primary amides is 1. The Labute approximate surface area is 103 Å². The van der Waals surface area contributed by atoms with Crippen molar-refractivity contribution >= 4 is 17.2 Å². The Kier molecular flexibility index (Phi) is 3.21. The number of amides is 1. The summed E-state index contributed by atoms with van der Waals surface area (Å²) in [5.74, 6) is -2.92. The Morgan fingerprint density at radius 1 is 1.47 bits per heavy atom. The van der Waals surface area contributed by atoms with Gasteiger partial charge in [0, 0.05) is 17.7 Å². The van der Waals surface area contributed by atoms with Gasteiger partial charge >= 0.3 is 0 Å². The van der Waals surface area contributed by atoms with Crippen molar-refractivity contribution in [1.82, 2.24) is 0 Å². The quantitative estimate of drug-likeness (QED) is 0.868. The lowest BCUT2D eigenvalue weighted by Gasteiger charge is -2.28. The van der Waals surface area contributed by atoms with Crippen LogP contribution < -0.4 is 5.73 Å². The minimum absolute atomic E-state index is 0.0575. The van der Waals surface area contributed by atoms with Crippen molar-refractivity contribution in [1.29, 1.82) is 0 Å². The summed E-state index contributed by atoms with van der Waals surface area (Å²) in [5, 5.41) is 1.89. The first-order chi connectivity index (χ1) is 7.91. The maximum atomic E-state index is 13.1. The number of rotatable bonds is 2. The van der Waals surface area contributed by atoms with Crippen molar-refractivity contribution in [3.63, 3.8) is 0 Å². The van der Waals surface area contributed by atoms with Gasteiger partial charge in [-0.1, -0.05) is 0 Å². The minimum atomic E-state index is -2.53. The zero-order valence-electron chi connectivity index (χ0n) is 9.63. The molecule has 0 bridgehead atoms. The van der Waals surface area contributed by atoms with E-state index in [1.165, 1.54) is 11.3 Å². The molecule has 0 unspecified atom stereocenters. The molecule has 0 spiro atoms. The molecular weight excluding hydrogens is 244 g/mol. The second kappa shape index (κ2) is 4.37. The summed E-state index contributed by atoms with van der Waals surface area (Å²) in [4.78, 5) is 12.2. The van der Waals surface area contributed by atoms with E-state index in [9.17, 15) is 13.6 Å². The lowest BCUT2D eigenvalue weighted by Crippen LogP contribution is -2.24. The second-order valence-electron chi connectivity index (χ2n) is 4.62. The number of carbonyl (C=O) groups excluding carboxylic acids is 1. The van der Waals surface area contributed by atoms with Crippen LogP contribution in [-0.2, 0) is 0 Å². The van der Waals surface area contributed by atoms with Gasteiger partial charge in [-0.2, -0.15) is 0 Å². The van der Waals surface area contributed by atoms with Crippen molar-refractivity contribution in [2.75, 3.05) is 0 Å². The Balaban J connectivity index is 2.22. The Morgan fingerprint density at radius 3 is 2.59 bits per heavy atom. The summed E-state index contributed by atoms with van der Waals surface area (Å²) in [6, 6.07) is 0. The summed E-state index contributed by atoms with van der Waals surface area (Å²) < 4.78 is 26.1. The molecule has 2 rings (SSSR count). The number of thiophene rings is 1. The van der Waals surface area contributed by atoms with E-state index in [0.29, 0.717) is 18.4 Å². The van der Waals surface area contributed by atoms with Crippen molar-refractivity contribution in [2.45, 2.75) is 44.4 Å². The van der Waals surface area contributed by atoms with E-state index in [1.54, 1.807) is 0 Å². The highest BCUT2D eigenvalue weighted by atomic mass is 32.1. The standard InChI is InChI=1S/C12H15F2NOS/c1-7-10(11(15)16)9(6-17-7)8-2-4-12(13,14)5-3-8/h6,8H,2-5H2,1H3,(H2,15,16). The molecule has 1 aliphatic carbocycles. The topological polar surface area (TPSA) is 43.1 Å². The Morgan fingerprint density at radius 2 is 2.06 bits per heavy atom. The third-order valence-electron chi connectivity index (χ3n) is 3.41. The second-order valence-corrected chi connectivity index (χ2v) is 5.70. The highest BCUT2D eigenvalue weighted by Gasteiger charge is 2.36. The van der Waals surface area contributed by atoms with Gasteiger partial charge in [0.05, 0.1) is 5.56 Å². The number of aryl methyl sites for hydroxylation is 1. The van der Waals surface area contributed by atoms with Crippen LogP contribution in [0.25, 0.3) is 0 Å². The highest BCUT2D eigenvalue weighted by Crippen LogP contribution is 2.43. The smallest absolute Gasteiger partial charge is 0.250 e. The first-order valence-corrected chi connectivity index (χ1v) is 6.54. The molecule has 2 nitrogen and oxygen atoms in total. The van der Waals surface area contributed by atoms with Gasteiger partial charge in [0.2, 0.25) is 11.8 Å². The molecule has 0 atom stereocenters. The van der Waals surface area contributed by atoms with E-state index in [2.05, 4.69) is 0 Å². The summed E-state index contributed by atoms with van der Waals surface area (Å²) in [5.41, 5.74) is 6.76. The van der Waals surface area contributed by atoms with Gasteiger partial charge in [0.15, 0.2) is 0 Å². The largest absolute Gasteiger partial charge is 0.366 e. The maximum absolute atomic E-state index is 13.1. The number of alkyl halides is 2. The van der Waals surface area contributed by atoms with Crippen LogP contribution in [-0.4, -0.2) is 11.8 Å². The monoisotopic (exact) mass is 259 g/mol. The molecule has 1 saturated carbocycles. The number of halogens is 2. The molecule has 0 saturated heterocycles. The predicted octanol–water partition coefficient (Wildman–Crippen LogP) is 3.45. The fraction of sp³-hybridized carbons (Fsp3) is 0.583. The molecule has 0 radical (unpaired) electrons. The van der Waals surface area contributed by atoms with E-state index in [4.69, 9.17) is 5.73 Å². The lowest BCUT2D eigenvalue weighted by atomic mass is 9.81. The molecule has 1 aliphatic rings. The molecule has 1 heterocycles. The Hall–Kier alpha value is -0.970. The normalized spacial score (nSPS) is 20.4. The number of hydrogen-bond acceptors (Lipinski definition) is 2. The van der Waals surface area contributed by atoms with Crippen LogP contribution in [0.4, 0.5) is 8.78 Å². The average Bonchev–Trinajstić information content (AvgIpc) is 2.60. The summed E-state index contributed by atoms with van der Waals surface area (Å²) in [6.07, 6.45) is 0.683. The average molecular weight is 259 g/mol. The fourth-order valence-electron chi connectivity index (χ4n) is 2.44. The van der Waals surface area contributed by atoms with E-state index < -0.39 is 11.8 Å². The molecule has 0 aliphatic heterocycles. The zero-order chi connectivity index (χ0) is 12.6. The Bertz CT molecular complexity index is 432. The van der Waals surface area contributed by atoms with Crippen molar-refractivity contribution in [2.24, 2.45) is 5.73 Å². The minimum Gasteiger partial charge on any atom is -0.366 e. The van der Waals surface area contributed by atoms with Gasteiger partial charge in [-0.3, -0.25) is 4.79 Å². The first kappa shape index (κ1) is 12.5. The van der Waals surface area contributed by atoms with E-state index in [-0.39, 0.29) is 18.8 Å². The van der Waals surface area contributed by atoms with E-state index in [0.717, 1.165) is 10.4 Å². The van der Waals surface area contributed by atoms with Crippen LogP contribution >= 0.6 is 11.3 Å². The molecule has 0 aromatic carbocycles. The SMILES string of the molecule is Cc1scc(C2CCC(F)(F)CC2)c1C(N)=O. The van der Waals surface area contributed by atoms with Crippen molar-refractivity contribution in [3.05, 3.63) is 21.4 Å². The highest BCUT2D eigenvalue weighted by molar-refractivity contribution is 7.10. The summed E-state index contributed by atoms with van der Waals surface area (Å²) >= 11 is 1.46. The van der Waals surface area contributed by atoms with E-state index in [1.807, 2.05) is 12.3 Å². The van der Waals surface area contributed by atoms with Gasteiger partial charge in [0.25, 0.3) is 0 Å². The lowest BCUT2D eigenvalue weighted by molar-refractivity contribution is -0.0382. The number of carbonyl (C=O) groups is 1. The van der Waals surface area contributed by atoms with Crippen LogP contribution in [0.5, 0.6) is 0 Å². The van der Waals surface area contributed by atoms with Crippen LogP contribution in [0.1, 0.15) is 52.4 Å². The third-order valence-corrected chi connectivity index (χ3v) is 4.34. The van der Waals surface area contributed by atoms with Crippen LogP contribution in [0.15, 0.2) is 5.38 Å². The van der Waals surface area contributed by atoms with Gasteiger partial charge in [-0.15, -0.1) is 11.3 Å². The van der Waals surface area contributed by atoms with Crippen molar-refractivity contribution < 1.29 is 13.6 Å². The van der Waals surface area contributed by atoms with Gasteiger partial charge in [0.1, 0.15) is 0 Å². The predicted molar refractivity (Wildman–Crippen MR) is 63.7 cm³/mol. The van der Waals surface area contributed by atoms with Crippen LogP contribution in [0.2, 0.25) is 0 Å². The van der Waals surface area contributed by atoms with Gasteiger partial charge < -0.3 is 5.73 Å². The zero-order valence-corrected chi connectivity index (χ0v) is 10.4. The first-order valence-electron chi connectivity index (χ1n) is 5.66. The molecule has 94 valence electrons.